The van der Waals surface area contributed by atoms with Gasteiger partial charge in [0.1, 0.15) is 5.52 Å². The molecule has 1 aromatic carbocycles. The summed E-state index contributed by atoms with van der Waals surface area (Å²) in [6.45, 7) is 1.04. The van der Waals surface area contributed by atoms with Crippen LogP contribution >= 0.6 is 11.8 Å². The summed E-state index contributed by atoms with van der Waals surface area (Å²) < 4.78 is 5.61. The molecular weight excluding hydrogens is 220 g/mol. The Bertz CT molecular complexity index is 446. The summed E-state index contributed by atoms with van der Waals surface area (Å²) in [6.07, 6.45) is 2.68. The molecule has 1 heterocycles. The van der Waals surface area contributed by atoms with Crippen LogP contribution in [0.5, 0.6) is 0 Å². The van der Waals surface area contributed by atoms with Crippen molar-refractivity contribution < 1.29 is 4.42 Å². The van der Waals surface area contributed by atoms with Crippen LogP contribution in [0.25, 0.3) is 11.1 Å². The highest BCUT2D eigenvalue weighted by atomic mass is 32.2. The smallest absolute Gasteiger partial charge is 0.256 e. The van der Waals surface area contributed by atoms with E-state index in [2.05, 4.69) is 10.3 Å². The zero-order valence-electron chi connectivity index (χ0n) is 8.98. The normalized spacial score (nSPS) is 15.8. The van der Waals surface area contributed by atoms with Crippen molar-refractivity contribution in [3.63, 3.8) is 0 Å². The predicted molar refractivity (Wildman–Crippen MR) is 65.8 cm³/mol. The first-order chi connectivity index (χ1) is 7.92. The Labute approximate surface area is 98.6 Å². The number of hydrogen-bond donors (Lipinski definition) is 1. The summed E-state index contributed by atoms with van der Waals surface area (Å²) in [5.41, 5.74) is 1.82. The fourth-order valence-electron chi connectivity index (χ4n) is 1.60. The molecule has 1 saturated carbocycles. The lowest BCUT2D eigenvalue weighted by atomic mass is 10.3. The first-order valence-corrected chi connectivity index (χ1v) is 6.62. The highest BCUT2D eigenvalue weighted by Crippen LogP contribution is 2.23. The minimum Gasteiger partial charge on any atom is -0.431 e. The van der Waals surface area contributed by atoms with E-state index in [1.54, 1.807) is 11.8 Å². The second-order valence-corrected chi connectivity index (χ2v) is 5.07. The van der Waals surface area contributed by atoms with Crippen molar-refractivity contribution in [2.24, 2.45) is 0 Å². The maximum Gasteiger partial charge on any atom is 0.256 e. The van der Waals surface area contributed by atoms with E-state index in [9.17, 15) is 0 Å². The monoisotopic (exact) mass is 234 g/mol. The van der Waals surface area contributed by atoms with Crippen molar-refractivity contribution in [2.45, 2.75) is 24.1 Å². The lowest BCUT2D eigenvalue weighted by Crippen LogP contribution is -2.19. The van der Waals surface area contributed by atoms with E-state index < -0.39 is 0 Å². The van der Waals surface area contributed by atoms with Gasteiger partial charge >= 0.3 is 0 Å². The topological polar surface area (TPSA) is 38.1 Å². The molecule has 0 unspecified atom stereocenters. The molecule has 0 saturated heterocycles. The van der Waals surface area contributed by atoms with Crippen LogP contribution in [0.4, 0.5) is 0 Å². The molecule has 0 spiro atoms. The molecule has 0 aliphatic heterocycles. The largest absolute Gasteiger partial charge is 0.431 e. The van der Waals surface area contributed by atoms with Crippen LogP contribution in [-0.4, -0.2) is 23.3 Å². The minimum absolute atomic E-state index is 0.777. The minimum atomic E-state index is 0.777. The van der Waals surface area contributed by atoms with Crippen molar-refractivity contribution in [3.8, 4) is 0 Å². The van der Waals surface area contributed by atoms with Crippen molar-refractivity contribution in [2.75, 3.05) is 12.3 Å². The summed E-state index contributed by atoms with van der Waals surface area (Å²) in [5.74, 6) is 1.02. The molecule has 0 bridgehead atoms. The van der Waals surface area contributed by atoms with Gasteiger partial charge in [-0.15, -0.1) is 0 Å². The molecule has 4 heteroatoms. The summed E-state index contributed by atoms with van der Waals surface area (Å²) >= 11 is 1.68. The number of nitrogens with one attached hydrogen (secondary N) is 1. The number of aromatic nitrogens is 1. The maximum absolute atomic E-state index is 5.61. The number of rotatable bonds is 5. The molecule has 0 amide bonds. The SMILES string of the molecule is c1ccc2oc(SCCNC3CC3)nc2c1. The van der Waals surface area contributed by atoms with Crippen LogP contribution in [-0.2, 0) is 0 Å². The third kappa shape index (κ3) is 2.39. The molecular formula is C12H14N2OS. The Morgan fingerprint density at radius 2 is 2.25 bits per heavy atom. The van der Waals surface area contributed by atoms with Gasteiger partial charge in [-0.2, -0.15) is 0 Å². The van der Waals surface area contributed by atoms with Crippen molar-refractivity contribution >= 4 is 22.9 Å². The molecule has 3 rings (SSSR count). The molecule has 1 N–H and O–H groups in total. The number of fused-ring (bicyclic) bond motifs is 1. The Hall–Kier alpha value is -1.00. The molecule has 1 fully saturated rings. The van der Waals surface area contributed by atoms with Gasteiger partial charge in [0.05, 0.1) is 0 Å². The van der Waals surface area contributed by atoms with Gasteiger partial charge in [0.15, 0.2) is 5.58 Å². The average Bonchev–Trinajstić information content (AvgIpc) is 3.03. The summed E-state index contributed by atoms with van der Waals surface area (Å²) in [7, 11) is 0. The second kappa shape index (κ2) is 4.47. The van der Waals surface area contributed by atoms with Gasteiger partial charge in [-0.25, -0.2) is 4.98 Å². The highest BCUT2D eigenvalue weighted by Gasteiger charge is 2.19. The third-order valence-electron chi connectivity index (χ3n) is 2.61. The molecule has 1 aromatic heterocycles. The van der Waals surface area contributed by atoms with Crippen LogP contribution in [0.2, 0.25) is 0 Å². The van der Waals surface area contributed by atoms with Gasteiger partial charge in [-0.3, -0.25) is 0 Å². The van der Waals surface area contributed by atoms with E-state index in [1.165, 1.54) is 12.8 Å². The lowest BCUT2D eigenvalue weighted by Gasteiger charge is -1.98. The number of oxazole rings is 1. The molecule has 2 aromatic rings. The van der Waals surface area contributed by atoms with Crippen molar-refractivity contribution in [1.29, 1.82) is 0 Å². The number of nitrogens with zero attached hydrogens (tertiary/aromatic N) is 1. The fourth-order valence-corrected chi connectivity index (χ4v) is 2.31. The van der Waals surface area contributed by atoms with Gasteiger partial charge in [-0.1, -0.05) is 23.9 Å². The van der Waals surface area contributed by atoms with E-state index in [1.807, 2.05) is 24.3 Å². The van der Waals surface area contributed by atoms with E-state index in [0.29, 0.717) is 0 Å². The van der Waals surface area contributed by atoms with Gasteiger partial charge in [0.2, 0.25) is 0 Å². The molecule has 3 nitrogen and oxygen atoms in total. The van der Waals surface area contributed by atoms with E-state index >= 15 is 0 Å². The number of para-hydroxylation sites is 2. The summed E-state index contributed by atoms with van der Waals surface area (Å²) in [6, 6.07) is 8.66. The van der Waals surface area contributed by atoms with Crippen LogP contribution in [0.15, 0.2) is 33.9 Å². The van der Waals surface area contributed by atoms with Crippen molar-refractivity contribution in [1.82, 2.24) is 10.3 Å². The molecule has 16 heavy (non-hydrogen) atoms. The second-order valence-electron chi connectivity index (χ2n) is 4.02. The predicted octanol–water partition coefficient (Wildman–Crippen LogP) is 2.67. The Kier molecular flexibility index (Phi) is 2.84. The Morgan fingerprint density at radius 1 is 1.38 bits per heavy atom. The summed E-state index contributed by atoms with van der Waals surface area (Å²) in [4.78, 5) is 4.41. The fraction of sp³-hybridized carbons (Fsp3) is 0.417. The first kappa shape index (κ1) is 10.2. The first-order valence-electron chi connectivity index (χ1n) is 5.63. The number of benzene rings is 1. The Morgan fingerprint density at radius 3 is 3.06 bits per heavy atom. The highest BCUT2D eigenvalue weighted by molar-refractivity contribution is 7.99. The molecule has 1 aliphatic carbocycles. The zero-order valence-corrected chi connectivity index (χ0v) is 9.80. The van der Waals surface area contributed by atoms with Crippen LogP contribution in [0.3, 0.4) is 0 Å². The van der Waals surface area contributed by atoms with Crippen LogP contribution in [0.1, 0.15) is 12.8 Å². The quantitative estimate of drug-likeness (QED) is 0.637. The van der Waals surface area contributed by atoms with E-state index in [4.69, 9.17) is 4.42 Å². The number of thioether (sulfide) groups is 1. The van der Waals surface area contributed by atoms with Gasteiger partial charge in [-0.05, 0) is 25.0 Å². The van der Waals surface area contributed by atoms with Gasteiger partial charge in [0.25, 0.3) is 5.22 Å². The van der Waals surface area contributed by atoms with Gasteiger partial charge < -0.3 is 9.73 Å². The summed E-state index contributed by atoms with van der Waals surface area (Å²) in [5, 5.41) is 4.25. The maximum atomic E-state index is 5.61. The van der Waals surface area contributed by atoms with E-state index in [0.717, 1.165) is 34.7 Å². The molecule has 1 aliphatic rings. The standard InChI is InChI=1S/C12H14N2OS/c1-2-4-11-10(3-1)14-12(15-11)16-8-7-13-9-5-6-9/h1-4,9,13H,5-8H2. The zero-order chi connectivity index (χ0) is 10.8. The number of hydrogen-bond acceptors (Lipinski definition) is 4. The Balaban J connectivity index is 1.56. The molecule has 0 atom stereocenters. The average molecular weight is 234 g/mol. The van der Waals surface area contributed by atoms with Crippen LogP contribution < -0.4 is 5.32 Å². The molecule has 0 radical (unpaired) electrons. The van der Waals surface area contributed by atoms with E-state index in [-0.39, 0.29) is 0 Å². The molecule has 84 valence electrons. The third-order valence-corrected chi connectivity index (χ3v) is 3.44. The van der Waals surface area contributed by atoms with Gasteiger partial charge in [0, 0.05) is 18.3 Å². The lowest BCUT2D eigenvalue weighted by molar-refractivity contribution is 0.489. The van der Waals surface area contributed by atoms with Crippen LogP contribution in [0, 0.1) is 0 Å². The van der Waals surface area contributed by atoms with Crippen molar-refractivity contribution in [3.05, 3.63) is 24.3 Å².